The molecule has 15 heteroatoms. The van der Waals surface area contributed by atoms with E-state index in [9.17, 15) is 0 Å². The SMILES string of the molecule is NC(N)=O.O=P(O)(O)O.O=P([O-])([O-])O.[K+].[K+]. The first-order chi connectivity index (χ1) is 5.73. The molecule has 0 bridgehead atoms. The summed E-state index contributed by atoms with van der Waals surface area (Å²) in [5, 5.41) is 0. The number of rotatable bonds is 0. The Labute approximate surface area is 175 Å². The molecule has 0 heterocycles. The Balaban J connectivity index is -0.0000000358. The Morgan fingerprint density at radius 3 is 0.938 bits per heavy atom. The van der Waals surface area contributed by atoms with Crippen LogP contribution in [-0.2, 0) is 9.13 Å². The molecule has 0 aromatic carbocycles. The van der Waals surface area contributed by atoms with Crippen LogP contribution in [0.5, 0.6) is 0 Å². The van der Waals surface area contributed by atoms with Gasteiger partial charge in [-0.2, -0.15) is 0 Å². The van der Waals surface area contributed by atoms with E-state index in [0.29, 0.717) is 0 Å². The van der Waals surface area contributed by atoms with E-state index >= 15 is 0 Å². The number of hydrogen-bond acceptors (Lipinski definition) is 5. The molecule has 0 aliphatic carbocycles. The van der Waals surface area contributed by atoms with Gasteiger partial charge in [0.1, 0.15) is 0 Å². The maximum Gasteiger partial charge on any atom is 1.00 e. The van der Waals surface area contributed by atoms with Crippen LogP contribution in [0.3, 0.4) is 0 Å². The summed E-state index contributed by atoms with van der Waals surface area (Å²) in [6, 6.07) is -0.833. The summed E-state index contributed by atoms with van der Waals surface area (Å²) in [6.07, 6.45) is 0. The Bertz CT molecular complexity index is 205. The first-order valence-electron chi connectivity index (χ1n) is 2.31. The van der Waals surface area contributed by atoms with E-state index in [0.717, 1.165) is 0 Å². The smallest absolute Gasteiger partial charge is 0.790 e. The normalized spacial score (nSPS) is 8.88. The molecule has 0 fully saturated rings. The quantitative estimate of drug-likeness (QED) is 0.182. The molecule has 11 nitrogen and oxygen atoms in total. The van der Waals surface area contributed by atoms with Gasteiger partial charge in [-0.05, 0) is 0 Å². The molecule has 0 rings (SSSR count). The molecule has 0 unspecified atom stereocenters. The van der Waals surface area contributed by atoms with Crippen LogP contribution in [0, 0.1) is 0 Å². The third-order valence-corrected chi connectivity index (χ3v) is 0. The van der Waals surface area contributed by atoms with Crippen molar-refractivity contribution >= 4 is 21.7 Å². The van der Waals surface area contributed by atoms with E-state index in [-0.39, 0.29) is 103 Å². The van der Waals surface area contributed by atoms with Crippen LogP contribution in [0.15, 0.2) is 0 Å². The van der Waals surface area contributed by atoms with Crippen LogP contribution >= 0.6 is 15.6 Å². The van der Waals surface area contributed by atoms with Gasteiger partial charge in [0, 0.05) is 0 Å². The van der Waals surface area contributed by atoms with Crippen molar-refractivity contribution in [3.63, 3.8) is 0 Å². The molecule has 0 saturated carbocycles. The van der Waals surface area contributed by atoms with E-state index in [1.807, 2.05) is 0 Å². The maximum atomic E-state index is 9.00. The molecule has 0 spiro atoms. The van der Waals surface area contributed by atoms with Gasteiger partial charge < -0.3 is 45.4 Å². The number of carbonyl (C=O) groups is 1. The van der Waals surface area contributed by atoms with E-state index < -0.39 is 21.7 Å². The van der Waals surface area contributed by atoms with Crippen molar-refractivity contribution in [1.29, 1.82) is 0 Å². The molecule has 8 N–H and O–H groups in total. The first kappa shape index (κ1) is 31.3. The molecular weight excluding hydrogens is 324 g/mol. The predicted molar refractivity (Wildman–Crippen MR) is 37.9 cm³/mol. The van der Waals surface area contributed by atoms with Crippen molar-refractivity contribution in [2.45, 2.75) is 0 Å². The third-order valence-electron chi connectivity index (χ3n) is 0. The molecule has 0 saturated heterocycles. The van der Waals surface area contributed by atoms with E-state index in [4.69, 9.17) is 43.3 Å². The number of nitrogens with two attached hydrogens (primary N) is 2. The summed E-state index contributed by atoms with van der Waals surface area (Å²) in [5.74, 6) is 0. The van der Waals surface area contributed by atoms with Crippen molar-refractivity contribution in [2.24, 2.45) is 11.5 Å². The van der Waals surface area contributed by atoms with Gasteiger partial charge in [-0.1, -0.05) is 0 Å². The van der Waals surface area contributed by atoms with E-state index in [1.54, 1.807) is 0 Å². The van der Waals surface area contributed by atoms with Crippen molar-refractivity contribution in [2.75, 3.05) is 0 Å². The van der Waals surface area contributed by atoms with Crippen molar-refractivity contribution in [3.8, 4) is 0 Å². The average molecular weight is 332 g/mol. The van der Waals surface area contributed by atoms with Gasteiger partial charge in [-0.15, -0.1) is 0 Å². The summed E-state index contributed by atoms with van der Waals surface area (Å²) in [5.41, 5.74) is 8.50. The minimum Gasteiger partial charge on any atom is -0.790 e. The Morgan fingerprint density at radius 1 is 0.938 bits per heavy atom. The van der Waals surface area contributed by atoms with Crippen LogP contribution in [0.25, 0.3) is 0 Å². The van der Waals surface area contributed by atoms with Gasteiger partial charge in [0.25, 0.3) is 0 Å². The van der Waals surface area contributed by atoms with Gasteiger partial charge in [-0.25, -0.2) is 9.36 Å². The zero-order valence-corrected chi connectivity index (χ0v) is 16.4. The first-order valence-corrected chi connectivity index (χ1v) is 5.37. The van der Waals surface area contributed by atoms with Crippen molar-refractivity contribution in [3.05, 3.63) is 0 Å². The van der Waals surface area contributed by atoms with Crippen LogP contribution in [0.2, 0.25) is 0 Å². The number of urea groups is 1. The maximum absolute atomic E-state index is 9.00. The summed E-state index contributed by atoms with van der Waals surface area (Å²) >= 11 is 0. The monoisotopic (exact) mass is 332 g/mol. The summed E-state index contributed by atoms with van der Waals surface area (Å²) in [7, 11) is -9.78. The zero-order chi connectivity index (χ0) is 12.6. The van der Waals surface area contributed by atoms with Crippen LogP contribution < -0.4 is 124 Å². The number of phosphoric acid groups is 2. The Hall–Kier alpha value is 2.76. The molecule has 2 amide bonds. The minimum atomic E-state index is -5.14. The molecule has 0 atom stereocenters. The zero-order valence-electron chi connectivity index (χ0n) is 8.38. The Morgan fingerprint density at radius 2 is 0.938 bits per heavy atom. The third kappa shape index (κ3) is 546. The van der Waals surface area contributed by atoms with E-state index in [2.05, 4.69) is 11.5 Å². The number of primary amides is 2. The van der Waals surface area contributed by atoms with Gasteiger partial charge in [0.15, 0.2) is 0 Å². The predicted octanol–water partition coefficient (Wildman–Crippen LogP) is -10.1. The largest absolute Gasteiger partial charge is 1.00 e. The van der Waals surface area contributed by atoms with Crippen molar-refractivity contribution in [1.82, 2.24) is 0 Å². The molecule has 88 valence electrons. The minimum absolute atomic E-state index is 0. The number of hydrogen-bond donors (Lipinski definition) is 6. The van der Waals surface area contributed by atoms with Crippen LogP contribution in [0.1, 0.15) is 0 Å². The molecule has 0 aromatic rings. The molecule has 0 radical (unpaired) electrons. The second kappa shape index (κ2) is 15.8. The number of amides is 2. The van der Waals surface area contributed by atoms with Crippen molar-refractivity contribution < 1.29 is 146 Å². The number of carbonyl (C=O) groups excluding carboxylic acids is 1. The van der Waals surface area contributed by atoms with Gasteiger partial charge in [-0.3, -0.25) is 0 Å². The van der Waals surface area contributed by atoms with E-state index in [1.165, 1.54) is 0 Å². The standard InChI is InChI=1S/CH4N2O.2K.2H3O4P/c2-1(3)4;;;2*1-5(2,3)4/h(H4,2,3,4);;;2*(H3,1,2,3,4)/q;2*+1;;/p-2. The molecule has 16 heavy (non-hydrogen) atoms. The van der Waals surface area contributed by atoms with Gasteiger partial charge in [0.05, 0.1) is 7.82 Å². The topological polar surface area (TPSA) is 230 Å². The second-order valence-corrected chi connectivity index (χ2v) is 3.35. The second-order valence-electron chi connectivity index (χ2n) is 1.38. The van der Waals surface area contributed by atoms with Gasteiger partial charge >= 0.3 is 117 Å². The summed E-state index contributed by atoms with van der Waals surface area (Å²) in [4.78, 5) is 54.8. The summed E-state index contributed by atoms with van der Waals surface area (Å²) in [6.45, 7) is 0. The average Bonchev–Trinajstić information content (AvgIpc) is 1.45. The summed E-state index contributed by atoms with van der Waals surface area (Å²) < 4.78 is 17.5. The Kier molecular flexibility index (Phi) is 30.9. The molecule has 0 aromatic heterocycles. The fourth-order valence-electron chi connectivity index (χ4n) is 0. The van der Waals surface area contributed by atoms with Crippen LogP contribution in [-0.4, -0.2) is 25.6 Å². The molecule has 0 aliphatic heterocycles. The van der Waals surface area contributed by atoms with Crippen LogP contribution in [0.4, 0.5) is 4.79 Å². The molecular formula is CH8K2N2O9P2. The fourth-order valence-corrected chi connectivity index (χ4v) is 0. The fraction of sp³-hybridized carbons (Fsp3) is 0. The molecule has 0 aliphatic rings. The van der Waals surface area contributed by atoms with Gasteiger partial charge in [0.2, 0.25) is 0 Å².